The number of carbonyl (C=O) groups is 1. The van der Waals surface area contributed by atoms with E-state index in [0.29, 0.717) is 16.8 Å². The van der Waals surface area contributed by atoms with Crippen molar-refractivity contribution in [2.75, 3.05) is 10.8 Å². The molecule has 0 saturated heterocycles. The summed E-state index contributed by atoms with van der Waals surface area (Å²) in [6.45, 7) is 3.03. The lowest BCUT2D eigenvalue weighted by molar-refractivity contribution is -0.110. The third-order valence-electron chi connectivity index (χ3n) is 3.44. The predicted octanol–water partition coefficient (Wildman–Crippen LogP) is 4.57. The Hall–Kier alpha value is -1.27. The van der Waals surface area contributed by atoms with Gasteiger partial charge in [-0.25, -0.2) is 8.42 Å². The van der Waals surface area contributed by atoms with Gasteiger partial charge in [0.1, 0.15) is 6.54 Å². The molecule has 0 bridgehead atoms. The molecule has 0 aliphatic carbocycles. The fraction of sp³-hybridized carbons (Fsp3) is 0.188. The Bertz CT molecular complexity index is 877. The normalized spacial score (nSPS) is 11.4. The number of nitrogens with zero attached hydrogens (tertiary/aromatic N) is 1. The van der Waals surface area contributed by atoms with Gasteiger partial charge in [0, 0.05) is 0 Å². The number of benzene rings is 2. The minimum atomic E-state index is -4.05. The first kappa shape index (κ1) is 19.1. The molecule has 0 unspecified atom stereocenters. The summed E-state index contributed by atoms with van der Waals surface area (Å²) >= 11 is 17.3. The topological polar surface area (TPSA) is 54.5 Å². The summed E-state index contributed by atoms with van der Waals surface area (Å²) in [5.41, 5.74) is 1.82. The van der Waals surface area contributed by atoms with Crippen molar-refractivity contribution in [3.05, 3.63) is 57.6 Å². The summed E-state index contributed by atoms with van der Waals surface area (Å²) < 4.78 is 27.1. The molecule has 8 heteroatoms. The van der Waals surface area contributed by atoms with Crippen LogP contribution < -0.4 is 4.31 Å². The number of aryl methyl sites for hydroxylation is 2. The summed E-state index contributed by atoms with van der Waals surface area (Å²) in [6, 6.07) is 9.31. The summed E-state index contributed by atoms with van der Waals surface area (Å²) in [4.78, 5) is 11.4. The number of hydrogen-bond donors (Lipinski definition) is 0. The Morgan fingerprint density at radius 1 is 1.04 bits per heavy atom. The van der Waals surface area contributed by atoms with Gasteiger partial charge in [-0.05, 0) is 54.8 Å². The van der Waals surface area contributed by atoms with Crippen LogP contribution in [0.5, 0.6) is 0 Å². The maximum atomic E-state index is 13.0. The van der Waals surface area contributed by atoms with Crippen LogP contribution in [-0.2, 0) is 14.8 Å². The maximum absolute atomic E-state index is 13.0. The molecule has 0 radical (unpaired) electrons. The Balaban J connectivity index is 2.67. The van der Waals surface area contributed by atoms with Gasteiger partial charge in [-0.15, -0.1) is 0 Å². The number of carbonyl (C=O) groups excluding carboxylic acids is 1. The second-order valence-electron chi connectivity index (χ2n) is 5.18. The molecule has 4 nitrogen and oxygen atoms in total. The molecule has 0 aliphatic heterocycles. The number of sulfonamides is 1. The van der Waals surface area contributed by atoms with Gasteiger partial charge < -0.3 is 0 Å². The zero-order valence-electron chi connectivity index (χ0n) is 12.9. The average Bonchev–Trinajstić information content (AvgIpc) is 2.48. The number of hydrogen-bond acceptors (Lipinski definition) is 3. The Morgan fingerprint density at radius 3 is 2.12 bits per heavy atom. The van der Waals surface area contributed by atoms with Crippen LogP contribution in [0.4, 0.5) is 5.69 Å². The largest absolute Gasteiger partial charge is 0.279 e. The molecule has 2 aromatic rings. The van der Waals surface area contributed by atoms with E-state index < -0.39 is 21.8 Å². The molecular formula is C16H14Cl3NO3S. The van der Waals surface area contributed by atoms with Crippen molar-refractivity contribution in [1.82, 2.24) is 0 Å². The second-order valence-corrected chi connectivity index (χ2v) is 8.28. The molecule has 0 amide bonds. The Morgan fingerprint density at radius 2 is 1.62 bits per heavy atom. The molecule has 24 heavy (non-hydrogen) atoms. The van der Waals surface area contributed by atoms with Crippen molar-refractivity contribution in [3.63, 3.8) is 0 Å². The highest BCUT2D eigenvalue weighted by Crippen LogP contribution is 2.32. The third-order valence-corrected chi connectivity index (χ3v) is 6.04. The highest BCUT2D eigenvalue weighted by Gasteiger charge is 2.29. The number of anilines is 1. The third kappa shape index (κ3) is 3.86. The minimum Gasteiger partial charge on any atom is -0.279 e. The van der Waals surface area contributed by atoms with Crippen molar-refractivity contribution in [1.29, 1.82) is 0 Å². The van der Waals surface area contributed by atoms with Crippen LogP contribution in [0.25, 0.3) is 0 Å². The van der Waals surface area contributed by atoms with E-state index in [1.807, 2.05) is 0 Å². The highest BCUT2D eigenvalue weighted by atomic mass is 35.5. The summed E-state index contributed by atoms with van der Waals surface area (Å²) in [5.74, 6) is 0. The van der Waals surface area contributed by atoms with Gasteiger partial charge in [-0.2, -0.15) is 0 Å². The van der Waals surface area contributed by atoms with E-state index in [1.54, 1.807) is 32.0 Å². The summed E-state index contributed by atoms with van der Waals surface area (Å²) in [5, 5.41) is -0.444. The van der Waals surface area contributed by atoms with Crippen LogP contribution >= 0.6 is 34.8 Å². The van der Waals surface area contributed by atoms with Gasteiger partial charge >= 0.3 is 0 Å². The van der Waals surface area contributed by atoms with Crippen molar-refractivity contribution >= 4 is 55.8 Å². The summed E-state index contributed by atoms with van der Waals surface area (Å²) in [6.07, 6.45) is 0. The first-order chi connectivity index (χ1) is 11.1. The molecule has 2 rings (SSSR count). The molecular weight excluding hydrogens is 393 g/mol. The Kier molecular flexibility index (Phi) is 5.81. The van der Waals surface area contributed by atoms with Crippen molar-refractivity contribution in [3.8, 4) is 0 Å². The van der Waals surface area contributed by atoms with Crippen molar-refractivity contribution in [2.45, 2.75) is 18.7 Å². The second kappa shape index (κ2) is 7.31. The first-order valence-electron chi connectivity index (χ1n) is 6.87. The van der Waals surface area contributed by atoms with Crippen LogP contribution in [0.15, 0.2) is 41.3 Å². The molecule has 0 saturated carbocycles. The SMILES string of the molecule is Cc1cccc(C)c1N(CC(=O)Cl)S(=O)(=O)c1ccc(Cl)c(Cl)c1. The fourth-order valence-electron chi connectivity index (χ4n) is 2.36. The van der Waals surface area contributed by atoms with Gasteiger partial charge in [0.2, 0.25) is 5.24 Å². The van der Waals surface area contributed by atoms with Gasteiger partial charge in [-0.1, -0.05) is 41.4 Å². The molecule has 0 aromatic heterocycles. The van der Waals surface area contributed by atoms with E-state index in [1.165, 1.54) is 18.2 Å². The number of halogens is 3. The lowest BCUT2D eigenvalue weighted by atomic mass is 10.1. The maximum Gasteiger partial charge on any atom is 0.264 e. The van der Waals surface area contributed by atoms with Crippen molar-refractivity contribution in [2.24, 2.45) is 0 Å². The van der Waals surface area contributed by atoms with Gasteiger partial charge in [0.05, 0.1) is 20.6 Å². The van der Waals surface area contributed by atoms with Crippen LogP contribution in [0.3, 0.4) is 0 Å². The van der Waals surface area contributed by atoms with E-state index in [0.717, 1.165) is 4.31 Å². The quantitative estimate of drug-likeness (QED) is 0.683. The average molecular weight is 407 g/mol. The van der Waals surface area contributed by atoms with E-state index in [2.05, 4.69) is 0 Å². The molecule has 0 atom stereocenters. The van der Waals surface area contributed by atoms with Crippen LogP contribution in [0.1, 0.15) is 11.1 Å². The number of para-hydroxylation sites is 1. The highest BCUT2D eigenvalue weighted by molar-refractivity contribution is 7.92. The number of rotatable bonds is 5. The molecule has 0 N–H and O–H groups in total. The van der Waals surface area contributed by atoms with Crippen molar-refractivity contribution < 1.29 is 13.2 Å². The molecule has 0 aliphatic rings. The van der Waals surface area contributed by atoms with E-state index >= 15 is 0 Å². The molecule has 0 spiro atoms. The lowest BCUT2D eigenvalue weighted by Gasteiger charge is -2.26. The van der Waals surface area contributed by atoms with Crippen LogP contribution in [0, 0.1) is 13.8 Å². The predicted molar refractivity (Wildman–Crippen MR) is 97.8 cm³/mol. The van der Waals surface area contributed by atoms with E-state index in [-0.39, 0.29) is 14.9 Å². The molecule has 2 aromatic carbocycles. The van der Waals surface area contributed by atoms with Gasteiger partial charge in [0.15, 0.2) is 0 Å². The zero-order valence-corrected chi connectivity index (χ0v) is 16.0. The van der Waals surface area contributed by atoms with Crippen LogP contribution in [0.2, 0.25) is 10.0 Å². The monoisotopic (exact) mass is 405 g/mol. The molecule has 0 heterocycles. The zero-order chi connectivity index (χ0) is 18.1. The minimum absolute atomic E-state index is 0.0718. The van der Waals surface area contributed by atoms with E-state index in [4.69, 9.17) is 34.8 Å². The van der Waals surface area contributed by atoms with Gasteiger partial charge in [-0.3, -0.25) is 9.10 Å². The van der Waals surface area contributed by atoms with E-state index in [9.17, 15) is 13.2 Å². The molecule has 128 valence electrons. The standard InChI is InChI=1S/C16H14Cl3NO3S/c1-10-4-3-5-11(2)16(10)20(9-15(19)21)24(22,23)12-6-7-13(17)14(18)8-12/h3-8H,9H2,1-2H3. The molecule has 0 fully saturated rings. The fourth-order valence-corrected chi connectivity index (χ4v) is 4.49. The van der Waals surface area contributed by atoms with Crippen LogP contribution in [-0.4, -0.2) is 20.2 Å². The Labute approximate surface area is 156 Å². The summed E-state index contributed by atoms with van der Waals surface area (Å²) in [7, 11) is -4.05. The van der Waals surface area contributed by atoms with Gasteiger partial charge in [0.25, 0.3) is 10.0 Å². The lowest BCUT2D eigenvalue weighted by Crippen LogP contribution is -2.35. The smallest absolute Gasteiger partial charge is 0.264 e. The first-order valence-corrected chi connectivity index (χ1v) is 9.44.